The molecule has 0 aromatic heterocycles. The lowest BCUT2D eigenvalue weighted by atomic mass is 10.1. The summed E-state index contributed by atoms with van der Waals surface area (Å²) in [6.45, 7) is 2.12. The Bertz CT molecular complexity index is 351. The Morgan fingerprint density at radius 3 is 2.62 bits per heavy atom. The fourth-order valence-corrected chi connectivity index (χ4v) is 1.81. The molecule has 1 saturated heterocycles. The van der Waals surface area contributed by atoms with E-state index in [1.807, 2.05) is 0 Å². The molecule has 2 rings (SSSR count). The SMILES string of the molecule is Fc1ccc(CNC2CCOCC2)cc1F. The topological polar surface area (TPSA) is 21.3 Å². The molecule has 0 radical (unpaired) electrons. The van der Waals surface area contributed by atoms with Crippen LogP contribution in [0.5, 0.6) is 0 Å². The molecular weight excluding hydrogens is 212 g/mol. The Morgan fingerprint density at radius 2 is 1.94 bits per heavy atom. The zero-order valence-electron chi connectivity index (χ0n) is 9.01. The van der Waals surface area contributed by atoms with Crippen LogP contribution < -0.4 is 5.32 Å². The fourth-order valence-electron chi connectivity index (χ4n) is 1.81. The summed E-state index contributed by atoms with van der Waals surface area (Å²) >= 11 is 0. The molecule has 1 aliphatic heterocycles. The van der Waals surface area contributed by atoms with E-state index in [4.69, 9.17) is 4.74 Å². The number of rotatable bonds is 3. The van der Waals surface area contributed by atoms with Crippen LogP contribution in [0.15, 0.2) is 18.2 Å². The molecule has 4 heteroatoms. The Kier molecular flexibility index (Phi) is 3.85. The van der Waals surface area contributed by atoms with Gasteiger partial charge in [0, 0.05) is 25.8 Å². The molecule has 88 valence electrons. The van der Waals surface area contributed by atoms with Gasteiger partial charge in [-0.05, 0) is 30.5 Å². The van der Waals surface area contributed by atoms with E-state index >= 15 is 0 Å². The highest BCUT2D eigenvalue weighted by Crippen LogP contribution is 2.10. The second-order valence-corrected chi connectivity index (χ2v) is 4.02. The second-order valence-electron chi connectivity index (χ2n) is 4.02. The molecule has 0 unspecified atom stereocenters. The van der Waals surface area contributed by atoms with Crippen molar-refractivity contribution >= 4 is 0 Å². The Labute approximate surface area is 93.6 Å². The van der Waals surface area contributed by atoms with Crippen molar-refractivity contribution in [2.45, 2.75) is 25.4 Å². The first-order valence-corrected chi connectivity index (χ1v) is 5.51. The van der Waals surface area contributed by atoms with Gasteiger partial charge in [-0.25, -0.2) is 8.78 Å². The van der Waals surface area contributed by atoms with Crippen LogP contribution in [-0.4, -0.2) is 19.3 Å². The van der Waals surface area contributed by atoms with Crippen molar-refractivity contribution in [1.82, 2.24) is 5.32 Å². The minimum absolute atomic E-state index is 0.418. The fraction of sp³-hybridized carbons (Fsp3) is 0.500. The first-order valence-electron chi connectivity index (χ1n) is 5.51. The molecule has 1 N–H and O–H groups in total. The van der Waals surface area contributed by atoms with E-state index < -0.39 is 11.6 Å². The van der Waals surface area contributed by atoms with Gasteiger partial charge in [-0.2, -0.15) is 0 Å². The molecule has 2 nitrogen and oxygen atoms in total. The van der Waals surface area contributed by atoms with E-state index in [1.54, 1.807) is 6.07 Å². The van der Waals surface area contributed by atoms with Crippen molar-refractivity contribution in [2.75, 3.05) is 13.2 Å². The number of benzene rings is 1. The van der Waals surface area contributed by atoms with E-state index in [0.29, 0.717) is 12.6 Å². The normalized spacial score (nSPS) is 17.6. The molecule has 1 heterocycles. The second kappa shape index (κ2) is 5.37. The van der Waals surface area contributed by atoms with E-state index in [0.717, 1.165) is 37.7 Å². The Balaban J connectivity index is 1.86. The van der Waals surface area contributed by atoms with Crippen LogP contribution >= 0.6 is 0 Å². The number of nitrogens with one attached hydrogen (secondary N) is 1. The van der Waals surface area contributed by atoms with Gasteiger partial charge in [0.1, 0.15) is 0 Å². The average molecular weight is 227 g/mol. The standard InChI is InChI=1S/C12H15F2NO/c13-11-2-1-9(7-12(11)14)8-15-10-3-5-16-6-4-10/h1-2,7,10,15H,3-6,8H2. The molecule has 0 aliphatic carbocycles. The van der Waals surface area contributed by atoms with Crippen LogP contribution in [0.1, 0.15) is 18.4 Å². The van der Waals surface area contributed by atoms with Crippen molar-refractivity contribution in [3.8, 4) is 0 Å². The minimum Gasteiger partial charge on any atom is -0.381 e. The maximum atomic E-state index is 12.9. The van der Waals surface area contributed by atoms with E-state index in [2.05, 4.69) is 5.32 Å². The molecule has 0 atom stereocenters. The molecule has 0 bridgehead atoms. The highest BCUT2D eigenvalue weighted by Gasteiger charge is 2.12. The van der Waals surface area contributed by atoms with Crippen molar-refractivity contribution < 1.29 is 13.5 Å². The molecule has 0 saturated carbocycles. The van der Waals surface area contributed by atoms with Crippen molar-refractivity contribution in [3.63, 3.8) is 0 Å². The molecule has 0 spiro atoms. The number of halogens is 2. The zero-order valence-corrected chi connectivity index (χ0v) is 9.01. The highest BCUT2D eigenvalue weighted by atomic mass is 19.2. The maximum Gasteiger partial charge on any atom is 0.159 e. The first-order chi connectivity index (χ1) is 7.75. The highest BCUT2D eigenvalue weighted by molar-refractivity contribution is 5.17. The molecule has 1 aliphatic rings. The predicted molar refractivity (Wildman–Crippen MR) is 57.0 cm³/mol. The van der Waals surface area contributed by atoms with Crippen LogP contribution in [0.2, 0.25) is 0 Å². The van der Waals surface area contributed by atoms with Gasteiger partial charge < -0.3 is 10.1 Å². The van der Waals surface area contributed by atoms with Gasteiger partial charge in [-0.3, -0.25) is 0 Å². The molecule has 1 fully saturated rings. The van der Waals surface area contributed by atoms with Crippen molar-refractivity contribution in [3.05, 3.63) is 35.4 Å². The summed E-state index contributed by atoms with van der Waals surface area (Å²) in [5.41, 5.74) is 0.769. The lowest BCUT2D eigenvalue weighted by Gasteiger charge is -2.23. The smallest absolute Gasteiger partial charge is 0.159 e. The third kappa shape index (κ3) is 3.00. The van der Waals surface area contributed by atoms with Crippen molar-refractivity contribution in [2.24, 2.45) is 0 Å². The summed E-state index contributed by atoms with van der Waals surface area (Å²) in [5.74, 6) is -1.58. The molecule has 1 aromatic carbocycles. The Morgan fingerprint density at radius 1 is 1.19 bits per heavy atom. The van der Waals surface area contributed by atoms with Crippen LogP contribution in [0.3, 0.4) is 0 Å². The Hall–Kier alpha value is -1.00. The van der Waals surface area contributed by atoms with Crippen LogP contribution in [0, 0.1) is 11.6 Å². The third-order valence-corrected chi connectivity index (χ3v) is 2.80. The monoisotopic (exact) mass is 227 g/mol. The van der Waals surface area contributed by atoms with Crippen molar-refractivity contribution in [1.29, 1.82) is 0 Å². The predicted octanol–water partition coefficient (Wildman–Crippen LogP) is 2.23. The average Bonchev–Trinajstić information content (AvgIpc) is 2.32. The summed E-state index contributed by atoms with van der Waals surface area (Å²) in [5, 5.41) is 3.32. The van der Waals surface area contributed by atoms with E-state index in [1.165, 1.54) is 6.07 Å². The van der Waals surface area contributed by atoms with Gasteiger partial charge in [0.25, 0.3) is 0 Å². The van der Waals surface area contributed by atoms with Gasteiger partial charge in [-0.15, -0.1) is 0 Å². The molecular formula is C12H15F2NO. The van der Waals surface area contributed by atoms with Gasteiger partial charge in [0.2, 0.25) is 0 Å². The number of ether oxygens (including phenoxy) is 1. The summed E-state index contributed by atoms with van der Waals surface area (Å²) < 4.78 is 30.8. The lowest BCUT2D eigenvalue weighted by molar-refractivity contribution is 0.0776. The zero-order chi connectivity index (χ0) is 11.4. The molecule has 0 amide bonds. The van der Waals surface area contributed by atoms with Gasteiger partial charge >= 0.3 is 0 Å². The van der Waals surface area contributed by atoms with Crippen LogP contribution in [0.25, 0.3) is 0 Å². The summed E-state index contributed by atoms with van der Waals surface area (Å²) in [6, 6.07) is 4.42. The van der Waals surface area contributed by atoms with Crippen LogP contribution in [-0.2, 0) is 11.3 Å². The number of hydrogen-bond acceptors (Lipinski definition) is 2. The van der Waals surface area contributed by atoms with Crippen LogP contribution in [0.4, 0.5) is 8.78 Å². The van der Waals surface area contributed by atoms with Gasteiger partial charge in [-0.1, -0.05) is 6.07 Å². The van der Waals surface area contributed by atoms with E-state index in [-0.39, 0.29) is 0 Å². The minimum atomic E-state index is -0.796. The summed E-state index contributed by atoms with van der Waals surface area (Å²) in [7, 11) is 0. The van der Waals surface area contributed by atoms with Gasteiger partial charge in [0.15, 0.2) is 11.6 Å². The summed E-state index contributed by atoms with van der Waals surface area (Å²) in [4.78, 5) is 0. The van der Waals surface area contributed by atoms with Gasteiger partial charge in [0.05, 0.1) is 0 Å². The molecule has 16 heavy (non-hydrogen) atoms. The quantitative estimate of drug-likeness (QED) is 0.855. The first kappa shape index (κ1) is 11.5. The van der Waals surface area contributed by atoms with E-state index in [9.17, 15) is 8.78 Å². The molecule has 1 aromatic rings. The number of hydrogen-bond donors (Lipinski definition) is 1. The maximum absolute atomic E-state index is 12.9. The largest absolute Gasteiger partial charge is 0.381 e. The third-order valence-electron chi connectivity index (χ3n) is 2.80. The summed E-state index contributed by atoms with van der Waals surface area (Å²) in [6.07, 6.45) is 1.95. The lowest BCUT2D eigenvalue weighted by Crippen LogP contribution is -2.34.